The summed E-state index contributed by atoms with van der Waals surface area (Å²) in [7, 11) is -2.26. The first-order valence-electron chi connectivity index (χ1n) is 8.94. The maximum Gasteiger partial charge on any atom is 0.263 e. The summed E-state index contributed by atoms with van der Waals surface area (Å²) in [6.45, 7) is 1.04. The van der Waals surface area contributed by atoms with Gasteiger partial charge in [-0.3, -0.25) is 9.48 Å². The Morgan fingerprint density at radius 3 is 2.41 bits per heavy atom. The summed E-state index contributed by atoms with van der Waals surface area (Å²) in [6, 6.07) is 5.74. The van der Waals surface area contributed by atoms with Crippen molar-refractivity contribution < 1.29 is 17.6 Å². The molecular formula is C18H23FN4O3S. The number of hydrogen-bond acceptors (Lipinski definition) is 4. The highest BCUT2D eigenvalue weighted by atomic mass is 32.2. The molecule has 0 unspecified atom stereocenters. The fourth-order valence-corrected chi connectivity index (χ4v) is 4.74. The fraction of sp³-hybridized carbons (Fsp3) is 0.444. The number of aromatic nitrogens is 2. The van der Waals surface area contributed by atoms with Gasteiger partial charge in [-0.15, -0.1) is 0 Å². The number of sulfonamides is 1. The maximum atomic E-state index is 13.0. The normalized spacial score (nSPS) is 16.1. The minimum atomic E-state index is -3.84. The molecule has 27 heavy (non-hydrogen) atoms. The molecular weight excluding hydrogens is 371 g/mol. The number of nitrogens with one attached hydrogen (secondary N) is 1. The maximum absolute atomic E-state index is 13.0. The molecule has 0 saturated carbocycles. The SMILES string of the molecule is Cn1cc(C(=O)NCc2ccc(F)cc2)c(S(=O)(=O)N2CCCCCC2)n1. The first kappa shape index (κ1) is 19.5. The molecule has 0 radical (unpaired) electrons. The third kappa shape index (κ3) is 4.54. The highest BCUT2D eigenvalue weighted by Gasteiger charge is 2.32. The van der Waals surface area contributed by atoms with Crippen molar-refractivity contribution in [3.8, 4) is 0 Å². The number of aryl methyl sites for hydroxylation is 1. The van der Waals surface area contributed by atoms with Crippen LogP contribution in [0.1, 0.15) is 41.6 Å². The highest BCUT2D eigenvalue weighted by molar-refractivity contribution is 7.89. The molecule has 1 amide bonds. The van der Waals surface area contributed by atoms with E-state index in [1.807, 2.05) is 0 Å². The van der Waals surface area contributed by atoms with Crippen molar-refractivity contribution in [2.75, 3.05) is 13.1 Å². The van der Waals surface area contributed by atoms with Crippen molar-refractivity contribution in [2.45, 2.75) is 37.3 Å². The van der Waals surface area contributed by atoms with E-state index in [4.69, 9.17) is 0 Å². The number of rotatable bonds is 5. The molecule has 2 aromatic rings. The lowest BCUT2D eigenvalue weighted by Gasteiger charge is -2.19. The minimum Gasteiger partial charge on any atom is -0.348 e. The van der Waals surface area contributed by atoms with Gasteiger partial charge >= 0.3 is 0 Å². The summed E-state index contributed by atoms with van der Waals surface area (Å²) in [6.07, 6.45) is 5.01. The van der Waals surface area contributed by atoms with Gasteiger partial charge in [0.05, 0.1) is 5.56 Å². The molecule has 1 fully saturated rings. The van der Waals surface area contributed by atoms with E-state index in [0.717, 1.165) is 25.7 Å². The summed E-state index contributed by atoms with van der Waals surface area (Å²) in [5, 5.41) is 6.51. The summed E-state index contributed by atoms with van der Waals surface area (Å²) < 4.78 is 41.8. The lowest BCUT2D eigenvalue weighted by molar-refractivity contribution is 0.0947. The van der Waals surface area contributed by atoms with E-state index in [-0.39, 0.29) is 23.0 Å². The summed E-state index contributed by atoms with van der Waals surface area (Å²) in [5.41, 5.74) is 0.731. The largest absolute Gasteiger partial charge is 0.348 e. The quantitative estimate of drug-likeness (QED) is 0.841. The number of carbonyl (C=O) groups is 1. The van der Waals surface area contributed by atoms with Gasteiger partial charge in [-0.25, -0.2) is 12.8 Å². The third-order valence-corrected chi connectivity index (χ3v) is 6.39. The predicted molar refractivity (Wildman–Crippen MR) is 98.0 cm³/mol. The van der Waals surface area contributed by atoms with Crippen molar-refractivity contribution in [1.29, 1.82) is 0 Å². The monoisotopic (exact) mass is 394 g/mol. The molecule has 146 valence electrons. The van der Waals surface area contributed by atoms with Crippen LogP contribution in [0, 0.1) is 5.82 Å². The smallest absolute Gasteiger partial charge is 0.263 e. The molecule has 1 aromatic heterocycles. The zero-order valence-corrected chi connectivity index (χ0v) is 16.0. The van der Waals surface area contributed by atoms with Crippen LogP contribution in [0.5, 0.6) is 0 Å². The molecule has 7 nitrogen and oxygen atoms in total. The van der Waals surface area contributed by atoms with E-state index in [2.05, 4.69) is 10.4 Å². The average molecular weight is 394 g/mol. The first-order chi connectivity index (χ1) is 12.9. The highest BCUT2D eigenvalue weighted by Crippen LogP contribution is 2.22. The molecule has 1 aromatic carbocycles. The summed E-state index contributed by atoms with van der Waals surface area (Å²) in [4.78, 5) is 12.6. The van der Waals surface area contributed by atoms with Crippen molar-refractivity contribution in [2.24, 2.45) is 7.05 Å². The van der Waals surface area contributed by atoms with Gasteiger partial charge in [0, 0.05) is 32.9 Å². The zero-order chi connectivity index (χ0) is 19.4. The van der Waals surface area contributed by atoms with Crippen molar-refractivity contribution in [3.63, 3.8) is 0 Å². The van der Waals surface area contributed by atoms with E-state index < -0.39 is 15.9 Å². The number of nitrogens with zero attached hydrogens (tertiary/aromatic N) is 3. The van der Waals surface area contributed by atoms with Crippen LogP contribution >= 0.6 is 0 Å². The Kier molecular flexibility index (Phi) is 5.91. The van der Waals surface area contributed by atoms with Crippen LogP contribution in [0.3, 0.4) is 0 Å². The lowest BCUT2D eigenvalue weighted by Crippen LogP contribution is -2.34. The molecule has 9 heteroatoms. The minimum absolute atomic E-state index is 0.0175. The Labute approximate surface area is 158 Å². The Hall–Kier alpha value is -2.26. The molecule has 0 aliphatic carbocycles. The third-order valence-electron chi connectivity index (χ3n) is 4.56. The Bertz CT molecular complexity index is 901. The van der Waals surface area contributed by atoms with Gasteiger partial charge in [-0.05, 0) is 30.5 Å². The Balaban J connectivity index is 1.80. The van der Waals surface area contributed by atoms with E-state index in [1.54, 1.807) is 19.2 Å². The van der Waals surface area contributed by atoms with Crippen molar-refractivity contribution in [1.82, 2.24) is 19.4 Å². The van der Waals surface area contributed by atoms with Crippen LogP contribution in [0.4, 0.5) is 4.39 Å². The van der Waals surface area contributed by atoms with Gasteiger partial charge in [0.1, 0.15) is 5.82 Å². The summed E-state index contributed by atoms with van der Waals surface area (Å²) in [5.74, 6) is -0.885. The average Bonchev–Trinajstić information content (AvgIpc) is 2.86. The molecule has 0 bridgehead atoms. The molecule has 0 spiro atoms. The number of hydrogen-bond donors (Lipinski definition) is 1. The predicted octanol–water partition coefficient (Wildman–Crippen LogP) is 2.05. The van der Waals surface area contributed by atoms with Gasteiger partial charge in [0.25, 0.3) is 15.9 Å². The van der Waals surface area contributed by atoms with Gasteiger partial charge in [-0.1, -0.05) is 25.0 Å². The molecule has 3 rings (SSSR count). The van der Waals surface area contributed by atoms with E-state index in [0.29, 0.717) is 18.7 Å². The van der Waals surface area contributed by atoms with Crippen molar-refractivity contribution >= 4 is 15.9 Å². The number of halogens is 1. The van der Waals surface area contributed by atoms with Crippen LogP contribution < -0.4 is 5.32 Å². The number of benzene rings is 1. The van der Waals surface area contributed by atoms with Crippen LogP contribution in [0.25, 0.3) is 0 Å². The van der Waals surface area contributed by atoms with Crippen LogP contribution in [-0.4, -0.2) is 41.5 Å². The van der Waals surface area contributed by atoms with Gasteiger partial charge in [0.15, 0.2) is 0 Å². The van der Waals surface area contributed by atoms with Gasteiger partial charge in [-0.2, -0.15) is 9.40 Å². The molecule has 1 N–H and O–H groups in total. The number of carbonyl (C=O) groups excluding carboxylic acids is 1. The Morgan fingerprint density at radius 1 is 1.15 bits per heavy atom. The molecule has 0 atom stereocenters. The second-order valence-electron chi connectivity index (χ2n) is 6.65. The van der Waals surface area contributed by atoms with E-state index >= 15 is 0 Å². The fourth-order valence-electron chi connectivity index (χ4n) is 3.10. The van der Waals surface area contributed by atoms with Crippen LogP contribution in [0.15, 0.2) is 35.5 Å². The zero-order valence-electron chi connectivity index (χ0n) is 15.2. The lowest BCUT2D eigenvalue weighted by atomic mass is 10.2. The molecule has 1 aliphatic heterocycles. The second kappa shape index (κ2) is 8.18. The standard InChI is InChI=1S/C18H23FN4O3S/c1-22-13-16(17(24)20-12-14-6-8-15(19)9-7-14)18(21-22)27(25,26)23-10-4-2-3-5-11-23/h6-9,13H,2-5,10-12H2,1H3,(H,20,24). The van der Waals surface area contributed by atoms with Gasteiger partial charge in [0.2, 0.25) is 5.03 Å². The number of amides is 1. The summed E-state index contributed by atoms with van der Waals surface area (Å²) >= 11 is 0. The molecule has 1 aliphatic rings. The van der Waals surface area contributed by atoms with Crippen molar-refractivity contribution in [3.05, 3.63) is 47.4 Å². The van der Waals surface area contributed by atoms with Gasteiger partial charge < -0.3 is 5.32 Å². The van der Waals surface area contributed by atoms with E-state index in [1.165, 1.54) is 27.3 Å². The van der Waals surface area contributed by atoms with E-state index in [9.17, 15) is 17.6 Å². The van der Waals surface area contributed by atoms with Crippen LogP contribution in [-0.2, 0) is 23.6 Å². The second-order valence-corrected chi connectivity index (χ2v) is 8.50. The molecule has 2 heterocycles. The van der Waals surface area contributed by atoms with Crippen LogP contribution in [0.2, 0.25) is 0 Å². The molecule has 1 saturated heterocycles. The first-order valence-corrected chi connectivity index (χ1v) is 10.4. The topological polar surface area (TPSA) is 84.3 Å². The Morgan fingerprint density at radius 2 is 1.78 bits per heavy atom.